The molecule has 2 aromatic heterocycles. The summed E-state index contributed by atoms with van der Waals surface area (Å²) in [5, 5.41) is 22.1. The number of rotatable bonds is 6. The Morgan fingerprint density at radius 3 is 2.92 bits per heavy atom. The molecule has 0 bridgehead atoms. The van der Waals surface area contributed by atoms with Crippen molar-refractivity contribution in [3.05, 3.63) is 51.7 Å². The number of nitrogens with one attached hydrogen (secondary N) is 1. The van der Waals surface area contributed by atoms with E-state index in [1.807, 2.05) is 0 Å². The second-order valence-corrected chi connectivity index (χ2v) is 6.45. The molecule has 26 heavy (non-hydrogen) atoms. The first kappa shape index (κ1) is 18.0. The Morgan fingerprint density at radius 2 is 2.23 bits per heavy atom. The van der Waals surface area contributed by atoms with E-state index in [9.17, 15) is 14.9 Å². The smallest absolute Gasteiger partial charge is 0.289 e. The van der Waals surface area contributed by atoms with Gasteiger partial charge >= 0.3 is 0 Å². The first-order chi connectivity index (χ1) is 12.5. The summed E-state index contributed by atoms with van der Waals surface area (Å²) in [6, 6.07) is 7.58. The highest BCUT2D eigenvalue weighted by molar-refractivity contribution is 7.99. The molecule has 134 valence electrons. The average Bonchev–Trinajstić information content (AvgIpc) is 3.24. The zero-order valence-electron chi connectivity index (χ0n) is 13.4. The molecule has 3 aromatic rings. The van der Waals surface area contributed by atoms with Gasteiger partial charge in [-0.15, -0.1) is 10.2 Å². The molecule has 0 saturated heterocycles. The lowest BCUT2D eigenvalue weighted by molar-refractivity contribution is -0.384. The van der Waals surface area contributed by atoms with Gasteiger partial charge in [0, 0.05) is 18.8 Å². The summed E-state index contributed by atoms with van der Waals surface area (Å²) in [5.41, 5.74) is 0.0226. The number of furan rings is 1. The Kier molecular flexibility index (Phi) is 5.24. The standard InChI is InChI=1S/C15H12ClN5O4S/c1-20-14(12-3-2-6-25-12)18-19-15(20)26-8-13(22)17-9-4-5-10(16)11(7-9)21(23)24/h2-7H,8H2,1H3,(H,17,22). The SMILES string of the molecule is Cn1c(SCC(=O)Nc2ccc(Cl)c([N+](=O)[O-])c2)nnc1-c1ccco1. The molecule has 0 spiro atoms. The third-order valence-corrected chi connectivity index (χ3v) is 4.68. The van der Waals surface area contributed by atoms with E-state index in [0.29, 0.717) is 22.4 Å². The summed E-state index contributed by atoms with van der Waals surface area (Å²) in [4.78, 5) is 22.4. The molecule has 0 aliphatic rings. The van der Waals surface area contributed by atoms with Gasteiger partial charge in [0.1, 0.15) is 5.02 Å². The fraction of sp³-hybridized carbons (Fsp3) is 0.133. The van der Waals surface area contributed by atoms with Crippen LogP contribution in [-0.4, -0.2) is 31.3 Å². The van der Waals surface area contributed by atoms with E-state index in [1.54, 1.807) is 23.7 Å². The van der Waals surface area contributed by atoms with Crippen LogP contribution < -0.4 is 5.32 Å². The van der Waals surface area contributed by atoms with Crippen molar-refractivity contribution in [1.29, 1.82) is 0 Å². The van der Waals surface area contributed by atoms with E-state index in [0.717, 1.165) is 0 Å². The molecule has 2 heterocycles. The molecule has 1 aromatic carbocycles. The quantitative estimate of drug-likeness (QED) is 0.387. The largest absolute Gasteiger partial charge is 0.461 e. The molecule has 0 saturated carbocycles. The van der Waals surface area contributed by atoms with Gasteiger partial charge in [-0.1, -0.05) is 23.4 Å². The number of nitro benzene ring substituents is 1. The van der Waals surface area contributed by atoms with Crippen LogP contribution in [0.25, 0.3) is 11.6 Å². The van der Waals surface area contributed by atoms with Crippen LogP contribution in [0.1, 0.15) is 0 Å². The first-order valence-electron chi connectivity index (χ1n) is 7.25. The molecule has 9 nitrogen and oxygen atoms in total. The molecule has 1 amide bonds. The van der Waals surface area contributed by atoms with Crippen LogP contribution in [0.5, 0.6) is 0 Å². The number of hydrogen-bond donors (Lipinski definition) is 1. The molecule has 11 heteroatoms. The van der Waals surface area contributed by atoms with Crippen molar-refractivity contribution in [3.63, 3.8) is 0 Å². The molecular weight excluding hydrogens is 382 g/mol. The van der Waals surface area contributed by atoms with Gasteiger partial charge < -0.3 is 14.3 Å². The number of amides is 1. The van der Waals surface area contributed by atoms with E-state index >= 15 is 0 Å². The van der Waals surface area contributed by atoms with Crippen molar-refractivity contribution in [2.24, 2.45) is 7.05 Å². The Hall–Kier alpha value is -2.85. The molecule has 0 unspecified atom stereocenters. The molecule has 3 rings (SSSR count). The second-order valence-electron chi connectivity index (χ2n) is 5.10. The van der Waals surface area contributed by atoms with E-state index in [-0.39, 0.29) is 22.4 Å². The van der Waals surface area contributed by atoms with Crippen LogP contribution in [-0.2, 0) is 11.8 Å². The summed E-state index contributed by atoms with van der Waals surface area (Å²) >= 11 is 6.93. The van der Waals surface area contributed by atoms with Crippen LogP contribution in [0.2, 0.25) is 5.02 Å². The van der Waals surface area contributed by atoms with Crippen molar-refractivity contribution in [2.75, 3.05) is 11.1 Å². The third kappa shape index (κ3) is 3.86. The minimum atomic E-state index is -0.609. The molecule has 1 N–H and O–H groups in total. The highest BCUT2D eigenvalue weighted by atomic mass is 35.5. The number of nitrogens with zero attached hydrogens (tertiary/aromatic N) is 4. The van der Waals surface area contributed by atoms with Crippen molar-refractivity contribution < 1.29 is 14.1 Å². The number of halogens is 1. The Morgan fingerprint density at radius 1 is 1.42 bits per heavy atom. The monoisotopic (exact) mass is 393 g/mol. The van der Waals surface area contributed by atoms with Crippen molar-refractivity contribution in [1.82, 2.24) is 14.8 Å². The summed E-state index contributed by atoms with van der Waals surface area (Å²) in [5.74, 6) is 0.839. The van der Waals surface area contributed by atoms with E-state index in [4.69, 9.17) is 16.0 Å². The van der Waals surface area contributed by atoms with Gasteiger partial charge in [-0.05, 0) is 24.3 Å². The fourth-order valence-electron chi connectivity index (χ4n) is 2.12. The van der Waals surface area contributed by atoms with Crippen molar-refractivity contribution >= 4 is 40.6 Å². The number of carbonyl (C=O) groups excluding carboxylic acids is 1. The maximum atomic E-state index is 12.1. The van der Waals surface area contributed by atoms with E-state index < -0.39 is 4.92 Å². The lowest BCUT2D eigenvalue weighted by atomic mass is 10.3. The zero-order valence-corrected chi connectivity index (χ0v) is 15.0. The van der Waals surface area contributed by atoms with Gasteiger partial charge in [0.2, 0.25) is 5.91 Å². The van der Waals surface area contributed by atoms with Crippen LogP contribution in [0, 0.1) is 10.1 Å². The third-order valence-electron chi connectivity index (χ3n) is 3.34. The highest BCUT2D eigenvalue weighted by Gasteiger charge is 2.16. The Balaban J connectivity index is 1.63. The highest BCUT2D eigenvalue weighted by Crippen LogP contribution is 2.28. The number of anilines is 1. The van der Waals surface area contributed by atoms with Gasteiger partial charge in [0.25, 0.3) is 5.69 Å². The Labute approximate surface area is 156 Å². The minimum absolute atomic E-state index is 0.00640. The summed E-state index contributed by atoms with van der Waals surface area (Å²) < 4.78 is 6.99. The number of benzene rings is 1. The van der Waals surface area contributed by atoms with Gasteiger partial charge in [-0.3, -0.25) is 14.9 Å². The maximum Gasteiger partial charge on any atom is 0.289 e. The topological polar surface area (TPSA) is 116 Å². The van der Waals surface area contributed by atoms with Crippen LogP contribution in [0.15, 0.2) is 46.2 Å². The van der Waals surface area contributed by atoms with Crippen molar-refractivity contribution in [3.8, 4) is 11.6 Å². The average molecular weight is 394 g/mol. The van der Waals surface area contributed by atoms with Crippen LogP contribution in [0.4, 0.5) is 11.4 Å². The van der Waals surface area contributed by atoms with Gasteiger partial charge in [0.05, 0.1) is 16.9 Å². The van der Waals surface area contributed by atoms with E-state index in [2.05, 4.69) is 15.5 Å². The number of nitro groups is 1. The van der Waals surface area contributed by atoms with Gasteiger partial charge in [-0.25, -0.2) is 0 Å². The lowest BCUT2D eigenvalue weighted by Crippen LogP contribution is -2.14. The molecule has 0 atom stereocenters. The summed E-state index contributed by atoms with van der Waals surface area (Å²) in [6.45, 7) is 0. The molecule has 0 radical (unpaired) electrons. The number of thioether (sulfide) groups is 1. The molecular formula is C15H12ClN5O4S. The zero-order chi connectivity index (χ0) is 18.7. The van der Waals surface area contributed by atoms with Crippen LogP contribution in [0.3, 0.4) is 0 Å². The number of hydrogen-bond acceptors (Lipinski definition) is 7. The number of aromatic nitrogens is 3. The predicted octanol–water partition coefficient (Wildman–Crippen LogP) is 3.37. The van der Waals surface area contributed by atoms with Gasteiger partial charge in [0.15, 0.2) is 16.7 Å². The number of carbonyl (C=O) groups is 1. The lowest BCUT2D eigenvalue weighted by Gasteiger charge is -2.06. The van der Waals surface area contributed by atoms with Crippen LogP contribution >= 0.6 is 23.4 Å². The maximum absolute atomic E-state index is 12.1. The molecule has 0 aliphatic carbocycles. The fourth-order valence-corrected chi connectivity index (χ4v) is 3.02. The van der Waals surface area contributed by atoms with Crippen molar-refractivity contribution in [2.45, 2.75) is 5.16 Å². The first-order valence-corrected chi connectivity index (χ1v) is 8.62. The molecule has 0 aliphatic heterocycles. The molecule has 0 fully saturated rings. The predicted molar refractivity (Wildman–Crippen MR) is 96.2 cm³/mol. The second kappa shape index (κ2) is 7.58. The van der Waals surface area contributed by atoms with E-state index in [1.165, 1.54) is 36.2 Å². The minimum Gasteiger partial charge on any atom is -0.461 e. The normalized spacial score (nSPS) is 10.7. The van der Waals surface area contributed by atoms with Gasteiger partial charge in [-0.2, -0.15) is 0 Å². The summed E-state index contributed by atoms with van der Waals surface area (Å²) in [6.07, 6.45) is 1.54. The summed E-state index contributed by atoms with van der Waals surface area (Å²) in [7, 11) is 1.76. The Bertz CT molecular complexity index is 957.